The van der Waals surface area contributed by atoms with Gasteiger partial charge in [-0.15, -0.1) is 10.2 Å². The van der Waals surface area contributed by atoms with Crippen LogP contribution in [0.25, 0.3) is 0 Å². The molecule has 17 heavy (non-hydrogen) atoms. The summed E-state index contributed by atoms with van der Waals surface area (Å²) >= 11 is 1.79. The number of aromatic nitrogens is 2. The molecule has 1 aliphatic carbocycles. The van der Waals surface area contributed by atoms with E-state index in [2.05, 4.69) is 43.2 Å². The maximum atomic E-state index is 4.38. The van der Waals surface area contributed by atoms with Crippen LogP contribution in [0.3, 0.4) is 0 Å². The van der Waals surface area contributed by atoms with Gasteiger partial charge in [0.2, 0.25) is 0 Å². The summed E-state index contributed by atoms with van der Waals surface area (Å²) in [5.74, 6) is 1.45. The molecule has 1 aromatic heterocycles. The topological polar surface area (TPSA) is 37.8 Å². The van der Waals surface area contributed by atoms with Crippen LogP contribution in [0.1, 0.15) is 62.9 Å². The van der Waals surface area contributed by atoms with E-state index >= 15 is 0 Å². The van der Waals surface area contributed by atoms with Crippen molar-refractivity contribution in [1.82, 2.24) is 15.5 Å². The Morgan fingerprint density at radius 2 is 2.06 bits per heavy atom. The second kappa shape index (κ2) is 5.02. The van der Waals surface area contributed by atoms with Gasteiger partial charge in [0.25, 0.3) is 0 Å². The molecule has 1 aliphatic rings. The quantitative estimate of drug-likeness (QED) is 0.898. The molecule has 1 saturated carbocycles. The van der Waals surface area contributed by atoms with E-state index in [0.29, 0.717) is 5.92 Å². The van der Waals surface area contributed by atoms with Gasteiger partial charge in [-0.1, -0.05) is 31.1 Å². The van der Waals surface area contributed by atoms with Crippen molar-refractivity contribution < 1.29 is 0 Å². The van der Waals surface area contributed by atoms with Crippen molar-refractivity contribution in [3.8, 4) is 0 Å². The zero-order chi connectivity index (χ0) is 12.5. The summed E-state index contributed by atoms with van der Waals surface area (Å²) in [4.78, 5) is 0. The smallest absolute Gasteiger partial charge is 0.131 e. The summed E-state index contributed by atoms with van der Waals surface area (Å²) in [5, 5.41) is 14.5. The van der Waals surface area contributed by atoms with Crippen LogP contribution >= 0.6 is 11.3 Å². The average molecular weight is 253 g/mol. The largest absolute Gasteiger partial charge is 0.306 e. The van der Waals surface area contributed by atoms with E-state index in [-0.39, 0.29) is 5.54 Å². The van der Waals surface area contributed by atoms with Crippen LogP contribution in [0.4, 0.5) is 0 Å². The lowest BCUT2D eigenvalue weighted by atomic mass is 9.99. The van der Waals surface area contributed by atoms with Gasteiger partial charge in [-0.05, 0) is 33.1 Å². The molecule has 0 aromatic carbocycles. The summed E-state index contributed by atoms with van der Waals surface area (Å²) in [7, 11) is 0. The Bertz CT molecular complexity index is 367. The number of rotatable bonds is 3. The van der Waals surface area contributed by atoms with Crippen LogP contribution < -0.4 is 5.32 Å². The maximum Gasteiger partial charge on any atom is 0.131 e. The molecule has 0 aliphatic heterocycles. The minimum Gasteiger partial charge on any atom is -0.306 e. The Morgan fingerprint density at radius 3 is 2.65 bits per heavy atom. The molecule has 4 heteroatoms. The Kier molecular flexibility index (Phi) is 3.83. The highest BCUT2D eigenvalue weighted by Crippen LogP contribution is 2.40. The minimum atomic E-state index is 0.145. The maximum absolute atomic E-state index is 4.38. The van der Waals surface area contributed by atoms with Crippen molar-refractivity contribution in [2.24, 2.45) is 5.92 Å². The lowest BCUT2D eigenvalue weighted by Gasteiger charge is -2.19. The second-order valence-corrected chi connectivity index (χ2v) is 7.25. The molecule has 96 valence electrons. The van der Waals surface area contributed by atoms with E-state index in [9.17, 15) is 0 Å². The first-order chi connectivity index (χ1) is 7.96. The fourth-order valence-corrected chi connectivity index (χ4v) is 3.39. The third kappa shape index (κ3) is 3.49. The molecular formula is C13H23N3S. The molecule has 0 bridgehead atoms. The standard InChI is InChI=1S/C13H23N3S/c1-9-6-5-7-10(9)12-16-15-11(17-12)8-14-13(2,3)4/h9-10,14H,5-8H2,1-4H3. The number of hydrogen-bond acceptors (Lipinski definition) is 4. The van der Waals surface area contributed by atoms with E-state index < -0.39 is 0 Å². The van der Waals surface area contributed by atoms with Crippen molar-refractivity contribution in [2.45, 2.75) is 65.0 Å². The first kappa shape index (κ1) is 13.0. The fourth-order valence-electron chi connectivity index (χ4n) is 2.34. The number of nitrogens with zero attached hydrogens (tertiary/aromatic N) is 2. The lowest BCUT2D eigenvalue weighted by molar-refractivity contribution is 0.423. The van der Waals surface area contributed by atoms with Gasteiger partial charge >= 0.3 is 0 Å². The first-order valence-corrected chi connectivity index (χ1v) is 7.34. The Morgan fingerprint density at radius 1 is 1.29 bits per heavy atom. The van der Waals surface area contributed by atoms with Gasteiger partial charge < -0.3 is 5.32 Å². The van der Waals surface area contributed by atoms with E-state index in [0.717, 1.165) is 17.5 Å². The number of hydrogen-bond donors (Lipinski definition) is 1. The van der Waals surface area contributed by atoms with Gasteiger partial charge in [-0.3, -0.25) is 0 Å². The Balaban J connectivity index is 1.96. The summed E-state index contributed by atoms with van der Waals surface area (Å²) < 4.78 is 0. The molecule has 0 amide bonds. The average Bonchev–Trinajstić information content (AvgIpc) is 2.81. The van der Waals surface area contributed by atoms with E-state index in [1.54, 1.807) is 11.3 Å². The third-order valence-corrected chi connectivity index (χ3v) is 4.49. The van der Waals surface area contributed by atoms with Gasteiger partial charge in [-0.25, -0.2) is 0 Å². The molecule has 1 N–H and O–H groups in total. The van der Waals surface area contributed by atoms with Crippen LogP contribution in [0.5, 0.6) is 0 Å². The monoisotopic (exact) mass is 253 g/mol. The van der Waals surface area contributed by atoms with Crippen molar-refractivity contribution in [3.63, 3.8) is 0 Å². The van der Waals surface area contributed by atoms with Crippen LogP contribution in [0.2, 0.25) is 0 Å². The van der Waals surface area contributed by atoms with Gasteiger partial charge in [0.05, 0.1) is 6.54 Å². The first-order valence-electron chi connectivity index (χ1n) is 6.53. The van der Waals surface area contributed by atoms with Crippen molar-refractivity contribution in [1.29, 1.82) is 0 Å². The van der Waals surface area contributed by atoms with E-state index in [1.165, 1.54) is 24.3 Å². The zero-order valence-corrected chi connectivity index (χ0v) is 12.1. The molecule has 1 aromatic rings. The number of nitrogens with one attached hydrogen (secondary N) is 1. The molecule has 0 radical (unpaired) electrons. The molecule has 1 heterocycles. The van der Waals surface area contributed by atoms with Crippen LogP contribution in [0, 0.1) is 5.92 Å². The summed E-state index contributed by atoms with van der Waals surface area (Å²) in [6, 6.07) is 0. The van der Waals surface area contributed by atoms with Crippen LogP contribution in [-0.4, -0.2) is 15.7 Å². The van der Waals surface area contributed by atoms with E-state index in [1.807, 2.05) is 0 Å². The SMILES string of the molecule is CC1CCCC1c1nnc(CNC(C)(C)C)s1. The fraction of sp³-hybridized carbons (Fsp3) is 0.846. The molecular weight excluding hydrogens is 230 g/mol. The summed E-state index contributed by atoms with van der Waals surface area (Å²) in [6.07, 6.45) is 3.99. The summed E-state index contributed by atoms with van der Waals surface area (Å²) in [5.41, 5.74) is 0.145. The molecule has 2 atom stereocenters. The van der Waals surface area contributed by atoms with Crippen molar-refractivity contribution >= 4 is 11.3 Å². The Hall–Kier alpha value is -0.480. The van der Waals surface area contributed by atoms with Gasteiger partial charge in [0.15, 0.2) is 0 Å². The van der Waals surface area contributed by atoms with Crippen LogP contribution in [0.15, 0.2) is 0 Å². The molecule has 2 unspecified atom stereocenters. The Labute approximate surface area is 108 Å². The van der Waals surface area contributed by atoms with Crippen molar-refractivity contribution in [3.05, 3.63) is 10.0 Å². The zero-order valence-electron chi connectivity index (χ0n) is 11.3. The minimum absolute atomic E-state index is 0.145. The van der Waals surface area contributed by atoms with E-state index in [4.69, 9.17) is 0 Å². The molecule has 0 saturated heterocycles. The van der Waals surface area contributed by atoms with Crippen LogP contribution in [-0.2, 0) is 6.54 Å². The molecule has 0 spiro atoms. The van der Waals surface area contributed by atoms with Gasteiger partial charge in [0, 0.05) is 11.5 Å². The highest BCUT2D eigenvalue weighted by Gasteiger charge is 2.28. The normalized spacial score (nSPS) is 25.4. The van der Waals surface area contributed by atoms with Gasteiger partial charge in [-0.2, -0.15) is 0 Å². The predicted molar refractivity (Wildman–Crippen MR) is 72.3 cm³/mol. The predicted octanol–water partition coefficient (Wildman–Crippen LogP) is 3.33. The second-order valence-electron chi connectivity index (χ2n) is 6.15. The highest BCUT2D eigenvalue weighted by molar-refractivity contribution is 7.11. The highest BCUT2D eigenvalue weighted by atomic mass is 32.1. The third-order valence-electron chi connectivity index (χ3n) is 3.43. The summed E-state index contributed by atoms with van der Waals surface area (Å²) in [6.45, 7) is 9.70. The molecule has 3 nitrogen and oxygen atoms in total. The van der Waals surface area contributed by atoms with Crippen molar-refractivity contribution in [2.75, 3.05) is 0 Å². The molecule has 1 fully saturated rings. The lowest BCUT2D eigenvalue weighted by Crippen LogP contribution is -2.35. The molecule has 2 rings (SSSR count). The van der Waals surface area contributed by atoms with Gasteiger partial charge in [0.1, 0.15) is 10.0 Å².